The van der Waals surface area contributed by atoms with E-state index in [1.165, 1.54) is 12.1 Å². The van der Waals surface area contributed by atoms with Crippen LogP contribution in [0.1, 0.15) is 20.3 Å². The van der Waals surface area contributed by atoms with Gasteiger partial charge in [0, 0.05) is 6.54 Å². The SMILES string of the molecule is CC(C)Oc1ccc(-c2ccc(NC(=O)NCCC(=O)O)c(F)c2)cc1. The van der Waals surface area contributed by atoms with Crippen LogP contribution < -0.4 is 15.4 Å². The third-order valence-corrected chi connectivity index (χ3v) is 3.40. The molecule has 26 heavy (non-hydrogen) atoms. The van der Waals surface area contributed by atoms with E-state index in [1.807, 2.05) is 38.1 Å². The molecule has 138 valence electrons. The normalized spacial score (nSPS) is 10.5. The number of halogens is 1. The molecular weight excluding hydrogens is 339 g/mol. The van der Waals surface area contributed by atoms with E-state index >= 15 is 0 Å². The minimum Gasteiger partial charge on any atom is -0.491 e. The molecule has 2 aromatic rings. The largest absolute Gasteiger partial charge is 0.491 e. The highest BCUT2D eigenvalue weighted by atomic mass is 19.1. The topological polar surface area (TPSA) is 87.7 Å². The fourth-order valence-electron chi connectivity index (χ4n) is 2.24. The van der Waals surface area contributed by atoms with Crippen molar-refractivity contribution in [2.24, 2.45) is 0 Å². The number of carbonyl (C=O) groups excluding carboxylic acids is 1. The lowest BCUT2D eigenvalue weighted by atomic mass is 10.0. The number of urea groups is 1. The summed E-state index contributed by atoms with van der Waals surface area (Å²) in [5, 5.41) is 13.2. The fourth-order valence-corrected chi connectivity index (χ4v) is 2.24. The van der Waals surface area contributed by atoms with Gasteiger partial charge in [-0.3, -0.25) is 4.79 Å². The van der Waals surface area contributed by atoms with Crippen molar-refractivity contribution in [2.45, 2.75) is 26.4 Å². The van der Waals surface area contributed by atoms with Gasteiger partial charge in [0.25, 0.3) is 0 Å². The minimum atomic E-state index is -1.02. The second kappa shape index (κ2) is 8.84. The summed E-state index contributed by atoms with van der Waals surface area (Å²) >= 11 is 0. The van der Waals surface area contributed by atoms with Gasteiger partial charge >= 0.3 is 12.0 Å². The van der Waals surface area contributed by atoms with Crippen molar-refractivity contribution in [1.82, 2.24) is 5.32 Å². The maximum atomic E-state index is 14.2. The number of anilines is 1. The third-order valence-electron chi connectivity index (χ3n) is 3.40. The average molecular weight is 360 g/mol. The van der Waals surface area contributed by atoms with Gasteiger partial charge in [0.15, 0.2) is 0 Å². The summed E-state index contributed by atoms with van der Waals surface area (Å²) in [5.74, 6) is -0.871. The van der Waals surface area contributed by atoms with Crippen molar-refractivity contribution in [3.63, 3.8) is 0 Å². The molecule has 0 aliphatic heterocycles. The highest BCUT2D eigenvalue weighted by Crippen LogP contribution is 2.26. The fraction of sp³-hybridized carbons (Fsp3) is 0.263. The predicted molar refractivity (Wildman–Crippen MR) is 96.9 cm³/mol. The van der Waals surface area contributed by atoms with E-state index in [2.05, 4.69) is 10.6 Å². The zero-order chi connectivity index (χ0) is 19.1. The molecule has 0 aliphatic rings. The Kier molecular flexibility index (Phi) is 6.54. The van der Waals surface area contributed by atoms with Crippen molar-refractivity contribution in [1.29, 1.82) is 0 Å². The van der Waals surface area contributed by atoms with E-state index in [9.17, 15) is 14.0 Å². The van der Waals surface area contributed by atoms with Gasteiger partial charge in [-0.15, -0.1) is 0 Å². The standard InChI is InChI=1S/C19H21FN2O4/c1-12(2)26-15-6-3-13(4-7-15)14-5-8-17(16(20)11-14)22-19(25)21-10-9-18(23)24/h3-8,11-12H,9-10H2,1-2H3,(H,23,24)(H2,21,22,25). The first kappa shape index (κ1) is 19.2. The Morgan fingerprint density at radius 1 is 1.12 bits per heavy atom. The molecule has 0 unspecified atom stereocenters. The zero-order valence-corrected chi connectivity index (χ0v) is 14.6. The molecule has 2 amide bonds. The Hall–Kier alpha value is -3.09. The van der Waals surface area contributed by atoms with Gasteiger partial charge in [0.05, 0.1) is 18.2 Å². The molecule has 0 saturated carbocycles. The molecule has 7 heteroatoms. The number of rotatable bonds is 7. The van der Waals surface area contributed by atoms with E-state index in [1.54, 1.807) is 6.07 Å². The summed E-state index contributed by atoms with van der Waals surface area (Å²) in [7, 11) is 0. The van der Waals surface area contributed by atoms with Gasteiger partial charge in [-0.05, 0) is 49.2 Å². The van der Waals surface area contributed by atoms with Crippen LogP contribution in [-0.4, -0.2) is 29.8 Å². The average Bonchev–Trinajstić information content (AvgIpc) is 2.56. The van der Waals surface area contributed by atoms with E-state index < -0.39 is 17.8 Å². The Morgan fingerprint density at radius 2 is 1.77 bits per heavy atom. The molecule has 0 fully saturated rings. The van der Waals surface area contributed by atoms with E-state index in [0.717, 1.165) is 11.3 Å². The van der Waals surface area contributed by atoms with Crippen LogP contribution in [0.4, 0.5) is 14.9 Å². The number of carboxylic acid groups (broad SMARTS) is 1. The summed E-state index contributed by atoms with van der Waals surface area (Å²) < 4.78 is 19.8. The number of carboxylic acids is 1. The van der Waals surface area contributed by atoms with Crippen molar-refractivity contribution < 1.29 is 23.8 Å². The Labute approximate surface area is 151 Å². The highest BCUT2D eigenvalue weighted by Gasteiger charge is 2.09. The quantitative estimate of drug-likeness (QED) is 0.699. The van der Waals surface area contributed by atoms with E-state index in [-0.39, 0.29) is 24.8 Å². The van der Waals surface area contributed by atoms with Gasteiger partial charge in [0.2, 0.25) is 0 Å². The molecule has 2 aromatic carbocycles. The highest BCUT2D eigenvalue weighted by molar-refractivity contribution is 5.90. The Morgan fingerprint density at radius 3 is 2.35 bits per heavy atom. The zero-order valence-electron chi connectivity index (χ0n) is 14.6. The van der Waals surface area contributed by atoms with Crippen molar-refractivity contribution >= 4 is 17.7 Å². The molecule has 0 heterocycles. The van der Waals surface area contributed by atoms with Gasteiger partial charge in [-0.1, -0.05) is 18.2 Å². The predicted octanol–water partition coefficient (Wildman–Crippen LogP) is 3.88. The smallest absolute Gasteiger partial charge is 0.319 e. The third kappa shape index (κ3) is 5.77. The summed E-state index contributed by atoms with van der Waals surface area (Å²) in [6, 6.07) is 11.1. The van der Waals surface area contributed by atoms with Crippen LogP contribution in [0.25, 0.3) is 11.1 Å². The lowest BCUT2D eigenvalue weighted by Gasteiger charge is -2.11. The Bertz CT molecular complexity index is 776. The molecule has 0 aromatic heterocycles. The first-order valence-corrected chi connectivity index (χ1v) is 8.18. The first-order chi connectivity index (χ1) is 12.3. The second-order valence-corrected chi connectivity index (χ2v) is 5.91. The molecule has 6 nitrogen and oxygen atoms in total. The molecular formula is C19H21FN2O4. The van der Waals surface area contributed by atoms with Gasteiger partial charge in [-0.2, -0.15) is 0 Å². The minimum absolute atomic E-state index is 0.0151. The lowest BCUT2D eigenvalue weighted by Crippen LogP contribution is -2.30. The number of ether oxygens (including phenoxy) is 1. The summed E-state index contributed by atoms with van der Waals surface area (Å²) in [4.78, 5) is 22.0. The molecule has 2 rings (SSSR count). The van der Waals surface area contributed by atoms with E-state index in [0.29, 0.717) is 5.56 Å². The van der Waals surface area contributed by atoms with Crippen LogP contribution in [0.3, 0.4) is 0 Å². The number of hydrogen-bond acceptors (Lipinski definition) is 3. The van der Waals surface area contributed by atoms with Crippen LogP contribution in [-0.2, 0) is 4.79 Å². The summed E-state index contributed by atoms with van der Waals surface area (Å²) in [5.41, 5.74) is 1.49. The molecule has 3 N–H and O–H groups in total. The van der Waals surface area contributed by atoms with Crippen molar-refractivity contribution in [3.05, 3.63) is 48.3 Å². The monoisotopic (exact) mass is 360 g/mol. The molecule has 0 saturated heterocycles. The Balaban J connectivity index is 2.02. The maximum Gasteiger partial charge on any atom is 0.319 e. The van der Waals surface area contributed by atoms with Gasteiger partial charge in [0.1, 0.15) is 11.6 Å². The van der Waals surface area contributed by atoms with Gasteiger partial charge < -0.3 is 20.5 Å². The molecule has 0 spiro atoms. The van der Waals surface area contributed by atoms with Crippen molar-refractivity contribution in [3.8, 4) is 16.9 Å². The number of hydrogen-bond donors (Lipinski definition) is 3. The number of amides is 2. The lowest BCUT2D eigenvalue weighted by molar-refractivity contribution is -0.136. The molecule has 0 bridgehead atoms. The first-order valence-electron chi connectivity index (χ1n) is 8.18. The number of benzene rings is 2. The van der Waals surface area contributed by atoms with Crippen LogP contribution in [0.2, 0.25) is 0 Å². The van der Waals surface area contributed by atoms with E-state index in [4.69, 9.17) is 9.84 Å². The number of nitrogens with one attached hydrogen (secondary N) is 2. The van der Waals surface area contributed by atoms with Crippen LogP contribution in [0, 0.1) is 5.82 Å². The molecule has 0 radical (unpaired) electrons. The van der Waals surface area contributed by atoms with Gasteiger partial charge in [-0.25, -0.2) is 9.18 Å². The molecule has 0 atom stereocenters. The van der Waals surface area contributed by atoms with Crippen LogP contribution >= 0.6 is 0 Å². The maximum absolute atomic E-state index is 14.2. The number of aliphatic carboxylic acids is 1. The summed E-state index contributed by atoms with van der Waals surface area (Å²) in [6.07, 6.45) is -0.129. The molecule has 0 aliphatic carbocycles. The van der Waals surface area contributed by atoms with Crippen molar-refractivity contribution in [2.75, 3.05) is 11.9 Å². The summed E-state index contributed by atoms with van der Waals surface area (Å²) in [6.45, 7) is 3.84. The second-order valence-electron chi connectivity index (χ2n) is 5.91. The number of carbonyl (C=O) groups is 2. The van der Waals surface area contributed by atoms with Crippen LogP contribution in [0.15, 0.2) is 42.5 Å². The van der Waals surface area contributed by atoms with Crippen LogP contribution in [0.5, 0.6) is 5.75 Å².